The third-order valence-corrected chi connectivity index (χ3v) is 1.83. The molecule has 0 fully saturated rings. The highest BCUT2D eigenvalue weighted by Gasteiger charge is 2.20. The lowest BCUT2D eigenvalue weighted by Crippen LogP contribution is -3.00. The molecular formula is C9H10ClN3O2. The molecule has 1 N–H and O–H groups in total. The lowest BCUT2D eigenvalue weighted by Gasteiger charge is -2.11. The Hall–Kier alpha value is -1.80. The van der Waals surface area contributed by atoms with E-state index in [-0.39, 0.29) is 23.7 Å². The summed E-state index contributed by atoms with van der Waals surface area (Å²) in [6.07, 6.45) is 0. The number of anilines is 1. The molecule has 0 bridgehead atoms. The monoisotopic (exact) mass is 227 g/mol. The van der Waals surface area contributed by atoms with E-state index in [0.29, 0.717) is 0 Å². The van der Waals surface area contributed by atoms with Crippen LogP contribution in [0.15, 0.2) is 18.2 Å². The predicted molar refractivity (Wildman–Crippen MR) is 52.5 cm³/mol. The summed E-state index contributed by atoms with van der Waals surface area (Å²) in [6, 6.07) is 4.59. The van der Waals surface area contributed by atoms with Gasteiger partial charge in [0.25, 0.3) is 0 Å². The summed E-state index contributed by atoms with van der Waals surface area (Å²) in [4.78, 5) is 15.4. The van der Waals surface area contributed by atoms with E-state index in [1.54, 1.807) is 25.1 Å². The minimum atomic E-state index is -1.11. The molecule has 80 valence electrons. The van der Waals surface area contributed by atoms with Crippen LogP contribution >= 0.6 is 0 Å². The molecule has 0 aromatic heterocycles. The second-order valence-corrected chi connectivity index (χ2v) is 3.00. The van der Waals surface area contributed by atoms with E-state index in [1.165, 1.54) is 12.1 Å². The minimum Gasteiger partial charge on any atom is -1.00 e. The summed E-state index contributed by atoms with van der Waals surface area (Å²) < 4.78 is 0. The van der Waals surface area contributed by atoms with Crippen molar-refractivity contribution in [1.29, 1.82) is 5.39 Å². The molecule has 1 aromatic carbocycles. The molecule has 6 heteroatoms. The first-order valence-corrected chi connectivity index (χ1v) is 3.96. The van der Waals surface area contributed by atoms with Crippen molar-refractivity contribution in [2.45, 2.75) is 0 Å². The normalized spacial score (nSPS) is 8.60. The van der Waals surface area contributed by atoms with Gasteiger partial charge in [0, 0.05) is 25.8 Å². The number of hydrogen-bond donors (Lipinski definition) is 1. The molecule has 0 aliphatic rings. The van der Waals surface area contributed by atoms with Crippen molar-refractivity contribution in [1.82, 2.24) is 0 Å². The number of hydrogen-bond acceptors (Lipinski definition) is 3. The number of rotatable bonds is 2. The fraction of sp³-hybridized carbons (Fsp3) is 0.222. The van der Waals surface area contributed by atoms with Gasteiger partial charge >= 0.3 is 11.7 Å². The van der Waals surface area contributed by atoms with E-state index >= 15 is 0 Å². The van der Waals surface area contributed by atoms with Crippen molar-refractivity contribution >= 4 is 17.3 Å². The highest BCUT2D eigenvalue weighted by molar-refractivity contribution is 5.95. The number of nitrogens with zero attached hydrogens (tertiary/aromatic N) is 3. The molecule has 0 aliphatic heterocycles. The van der Waals surface area contributed by atoms with Crippen LogP contribution in [-0.4, -0.2) is 25.2 Å². The number of halogens is 1. The van der Waals surface area contributed by atoms with E-state index < -0.39 is 5.97 Å². The summed E-state index contributed by atoms with van der Waals surface area (Å²) in [7, 11) is 3.60. The first-order valence-electron chi connectivity index (χ1n) is 3.96. The average Bonchev–Trinajstić information content (AvgIpc) is 2.16. The standard InChI is InChI=1S/C9H9N3O2.ClH/c1-12(2)6-3-4-8(11-10)7(5-6)9(13)14;/h3-5H,1-2H3;1H. The zero-order valence-corrected chi connectivity index (χ0v) is 9.06. The van der Waals surface area contributed by atoms with Gasteiger partial charge in [0.15, 0.2) is 10.5 Å². The molecule has 1 rings (SSSR count). The minimum absolute atomic E-state index is 0. The fourth-order valence-electron chi connectivity index (χ4n) is 1.06. The molecule has 0 unspecified atom stereocenters. The maximum Gasteiger partial charge on any atom is 0.399 e. The number of aromatic carboxylic acids is 1. The van der Waals surface area contributed by atoms with Crippen molar-refractivity contribution in [2.75, 3.05) is 19.0 Å². The van der Waals surface area contributed by atoms with Crippen molar-refractivity contribution in [3.8, 4) is 0 Å². The molecule has 0 amide bonds. The molecule has 0 atom stereocenters. The topological polar surface area (TPSA) is 68.7 Å². The van der Waals surface area contributed by atoms with E-state index in [4.69, 9.17) is 10.5 Å². The number of diazo groups is 1. The SMILES string of the molecule is CN(C)c1ccc([N+]#N)c(C(=O)O)c1.[Cl-]. The van der Waals surface area contributed by atoms with Gasteiger partial charge < -0.3 is 22.4 Å². The first-order chi connectivity index (χ1) is 6.56. The summed E-state index contributed by atoms with van der Waals surface area (Å²) in [5.74, 6) is -1.11. The number of carboxylic acids is 1. The van der Waals surface area contributed by atoms with E-state index in [2.05, 4.69) is 4.98 Å². The third kappa shape index (κ3) is 2.82. The number of carbonyl (C=O) groups is 1. The maximum atomic E-state index is 10.8. The van der Waals surface area contributed by atoms with Gasteiger partial charge in [-0.1, -0.05) is 0 Å². The summed E-state index contributed by atoms with van der Waals surface area (Å²) in [6.45, 7) is 0. The lowest BCUT2D eigenvalue weighted by atomic mass is 10.1. The van der Waals surface area contributed by atoms with Gasteiger partial charge in [0.2, 0.25) is 5.39 Å². The molecule has 1 aromatic rings. The van der Waals surface area contributed by atoms with Crippen LogP contribution in [-0.2, 0) is 0 Å². The smallest absolute Gasteiger partial charge is 0.399 e. The molecule has 0 spiro atoms. The largest absolute Gasteiger partial charge is 1.00 e. The summed E-state index contributed by atoms with van der Waals surface area (Å²) in [5, 5.41) is 17.4. The van der Waals surface area contributed by atoms with Crippen molar-refractivity contribution in [2.24, 2.45) is 0 Å². The molecule has 15 heavy (non-hydrogen) atoms. The average molecular weight is 228 g/mol. The van der Waals surface area contributed by atoms with Crippen molar-refractivity contribution in [3.63, 3.8) is 0 Å². The van der Waals surface area contributed by atoms with Crippen LogP contribution in [0.3, 0.4) is 0 Å². The zero-order chi connectivity index (χ0) is 10.7. The number of carboxylic acid groups (broad SMARTS) is 1. The van der Waals surface area contributed by atoms with Crippen LogP contribution in [0, 0.1) is 5.39 Å². The molecule has 0 aliphatic carbocycles. The van der Waals surface area contributed by atoms with Crippen LogP contribution in [0.1, 0.15) is 10.4 Å². The number of benzene rings is 1. The van der Waals surface area contributed by atoms with E-state index in [9.17, 15) is 4.79 Å². The maximum absolute atomic E-state index is 10.8. The predicted octanol–water partition coefficient (Wildman–Crippen LogP) is -1.06. The van der Waals surface area contributed by atoms with Crippen LogP contribution in [0.5, 0.6) is 0 Å². The van der Waals surface area contributed by atoms with Gasteiger partial charge in [0.1, 0.15) is 0 Å². The van der Waals surface area contributed by atoms with Gasteiger partial charge in [0.05, 0.1) is 0 Å². The molecule has 0 radical (unpaired) electrons. The van der Waals surface area contributed by atoms with Gasteiger partial charge in [-0.15, -0.1) is 0 Å². The Morgan fingerprint density at radius 2 is 2.07 bits per heavy atom. The Bertz CT molecular complexity index is 412. The second-order valence-electron chi connectivity index (χ2n) is 3.00. The Labute approximate surface area is 93.4 Å². The van der Waals surface area contributed by atoms with Crippen molar-refractivity contribution < 1.29 is 22.3 Å². The highest BCUT2D eigenvalue weighted by atomic mass is 35.5. The molecular weight excluding hydrogens is 218 g/mol. The fourth-order valence-corrected chi connectivity index (χ4v) is 1.06. The molecule has 0 saturated heterocycles. The highest BCUT2D eigenvalue weighted by Crippen LogP contribution is 2.24. The summed E-state index contributed by atoms with van der Waals surface area (Å²) >= 11 is 0. The Morgan fingerprint density at radius 3 is 2.47 bits per heavy atom. The summed E-state index contributed by atoms with van der Waals surface area (Å²) in [5.41, 5.74) is 0.789. The molecule has 0 heterocycles. The Morgan fingerprint density at radius 1 is 1.47 bits per heavy atom. The molecule has 0 saturated carbocycles. The zero-order valence-electron chi connectivity index (χ0n) is 8.31. The Balaban J connectivity index is 0.00000196. The van der Waals surface area contributed by atoms with Gasteiger partial charge in [-0.05, 0) is 12.1 Å². The molecule has 5 nitrogen and oxygen atoms in total. The van der Waals surface area contributed by atoms with E-state index in [0.717, 1.165) is 5.69 Å². The van der Waals surface area contributed by atoms with Crippen LogP contribution in [0.4, 0.5) is 11.4 Å². The van der Waals surface area contributed by atoms with E-state index in [1.807, 2.05) is 0 Å². The quantitative estimate of drug-likeness (QED) is 0.654. The first kappa shape index (κ1) is 13.2. The lowest BCUT2D eigenvalue weighted by molar-refractivity contribution is -0.0000188. The van der Waals surface area contributed by atoms with Crippen LogP contribution in [0.2, 0.25) is 0 Å². The van der Waals surface area contributed by atoms with Gasteiger partial charge in [-0.3, -0.25) is 0 Å². The third-order valence-electron chi connectivity index (χ3n) is 1.83. The van der Waals surface area contributed by atoms with Gasteiger partial charge in [-0.25, -0.2) is 4.79 Å². The second kappa shape index (κ2) is 5.17. The Kier molecular flexibility index (Phi) is 4.55. The van der Waals surface area contributed by atoms with Crippen LogP contribution in [0.25, 0.3) is 4.98 Å². The van der Waals surface area contributed by atoms with Gasteiger partial charge in [-0.2, -0.15) is 0 Å². The van der Waals surface area contributed by atoms with Crippen LogP contribution < -0.4 is 17.3 Å². The van der Waals surface area contributed by atoms with Crippen molar-refractivity contribution in [3.05, 3.63) is 28.7 Å².